The maximum atomic E-state index is 15.2. The molecule has 0 bridgehead atoms. The number of amides is 2. The molecular formula is C35H41F5N2O5. The summed E-state index contributed by atoms with van der Waals surface area (Å²) in [7, 11) is 0. The smallest absolute Gasteiger partial charge is 0.456 e. The summed E-state index contributed by atoms with van der Waals surface area (Å²) in [6, 6.07) is 6.84. The SMILES string of the molecule is CCOC(=O)CCNC(=O)NCC=Cc1ccc([C@H]2C[C@@]3(C)[C@@H](CC[C@@]3(O)C(F)(F)C(F)(F)F)[C@@H]3CCC4=CC(=O)CCC4=C32)cc1. The normalized spacial score (nSPS) is 29.1. The van der Waals surface area contributed by atoms with Crippen LogP contribution in [0.2, 0.25) is 0 Å². The Morgan fingerprint density at radius 1 is 1.06 bits per heavy atom. The summed E-state index contributed by atoms with van der Waals surface area (Å²) in [6.07, 6.45) is 0.539. The number of ether oxygens (including phenoxy) is 1. The Balaban J connectivity index is 1.38. The molecule has 47 heavy (non-hydrogen) atoms. The lowest BCUT2D eigenvalue weighted by Gasteiger charge is -2.56. The molecule has 4 aliphatic rings. The summed E-state index contributed by atoms with van der Waals surface area (Å²) >= 11 is 0. The number of aliphatic hydroxyl groups is 1. The van der Waals surface area contributed by atoms with Gasteiger partial charge in [0, 0.05) is 30.8 Å². The lowest BCUT2D eigenvalue weighted by Crippen LogP contribution is -2.65. The molecule has 0 heterocycles. The van der Waals surface area contributed by atoms with Gasteiger partial charge in [-0.25, -0.2) is 4.79 Å². The molecule has 0 aromatic heterocycles. The summed E-state index contributed by atoms with van der Waals surface area (Å²) < 4.78 is 76.5. The number of nitrogens with one attached hydrogen (secondary N) is 2. The van der Waals surface area contributed by atoms with E-state index < -0.39 is 53.4 Å². The van der Waals surface area contributed by atoms with Crippen LogP contribution in [-0.2, 0) is 14.3 Å². The standard InChI is InChI=1S/C35H41F5N2O5/c1-3-47-29(44)15-18-42-31(45)41-17-4-5-21-6-8-22(9-7-21)27-20-32(2)28(14-16-33(32,46)34(36,37)35(38,39)40)26-12-10-23-19-24(43)11-13-25(23)30(26)27/h4-9,19,26-28,46H,3,10-18,20H2,1-2H3,(H2,41,42,45)/t26-,27+,28-,32-,33-/m0/s1. The van der Waals surface area contributed by atoms with E-state index in [1.807, 2.05) is 24.3 Å². The Labute approximate surface area is 270 Å². The highest BCUT2D eigenvalue weighted by molar-refractivity contribution is 5.93. The molecule has 1 aromatic carbocycles. The number of allylic oxidation sites excluding steroid dienone is 4. The van der Waals surface area contributed by atoms with E-state index in [2.05, 4.69) is 10.6 Å². The van der Waals surface area contributed by atoms with Gasteiger partial charge in [-0.05, 0) is 85.6 Å². The molecule has 4 aliphatic carbocycles. The number of hydrogen-bond acceptors (Lipinski definition) is 5. The molecule has 5 rings (SSSR count). The lowest BCUT2D eigenvalue weighted by atomic mass is 9.50. The number of urea groups is 1. The average molecular weight is 665 g/mol. The molecule has 5 atom stereocenters. The highest BCUT2D eigenvalue weighted by Crippen LogP contribution is 2.70. The predicted octanol–water partition coefficient (Wildman–Crippen LogP) is 6.78. The van der Waals surface area contributed by atoms with Crippen molar-refractivity contribution < 1.29 is 46.2 Å². The molecule has 256 valence electrons. The number of alkyl halides is 5. The number of rotatable bonds is 9. The molecule has 0 unspecified atom stereocenters. The van der Waals surface area contributed by atoms with Gasteiger partial charge in [-0.2, -0.15) is 22.0 Å². The van der Waals surface area contributed by atoms with Crippen molar-refractivity contribution in [2.24, 2.45) is 17.3 Å². The second kappa shape index (κ2) is 13.2. The van der Waals surface area contributed by atoms with E-state index in [-0.39, 0.29) is 50.7 Å². The summed E-state index contributed by atoms with van der Waals surface area (Å²) in [4.78, 5) is 35.6. The molecule has 1 aromatic rings. The number of esters is 1. The Morgan fingerprint density at radius 3 is 2.47 bits per heavy atom. The first-order valence-corrected chi connectivity index (χ1v) is 16.2. The molecule has 0 saturated heterocycles. The fourth-order valence-electron chi connectivity index (χ4n) is 8.47. The van der Waals surface area contributed by atoms with Gasteiger partial charge in [-0.15, -0.1) is 0 Å². The zero-order chi connectivity index (χ0) is 34.2. The molecule has 7 nitrogen and oxygen atoms in total. The van der Waals surface area contributed by atoms with Crippen molar-refractivity contribution in [3.8, 4) is 0 Å². The molecule has 12 heteroatoms. The van der Waals surface area contributed by atoms with Gasteiger partial charge in [0.1, 0.15) is 5.60 Å². The van der Waals surface area contributed by atoms with Gasteiger partial charge in [0.05, 0.1) is 13.0 Å². The molecule has 0 aliphatic heterocycles. The highest BCUT2D eigenvalue weighted by Gasteiger charge is 2.79. The number of ketones is 1. The number of carbonyl (C=O) groups is 3. The fraction of sp³-hybridized carbons (Fsp3) is 0.571. The third-order valence-electron chi connectivity index (χ3n) is 10.7. The fourth-order valence-corrected chi connectivity index (χ4v) is 8.47. The Bertz CT molecular complexity index is 1480. The third kappa shape index (κ3) is 6.37. The van der Waals surface area contributed by atoms with Gasteiger partial charge < -0.3 is 20.5 Å². The van der Waals surface area contributed by atoms with Crippen LogP contribution < -0.4 is 10.6 Å². The van der Waals surface area contributed by atoms with Crippen molar-refractivity contribution in [3.63, 3.8) is 0 Å². The zero-order valence-electron chi connectivity index (χ0n) is 26.5. The largest absolute Gasteiger partial charge is 0.466 e. The Hall–Kier alpha value is -3.54. The first kappa shape index (κ1) is 34.8. The monoisotopic (exact) mass is 664 g/mol. The van der Waals surface area contributed by atoms with Crippen LogP contribution in [0.3, 0.4) is 0 Å². The zero-order valence-corrected chi connectivity index (χ0v) is 26.5. The highest BCUT2D eigenvalue weighted by atomic mass is 19.4. The van der Waals surface area contributed by atoms with E-state index in [1.165, 1.54) is 6.92 Å². The van der Waals surface area contributed by atoms with Gasteiger partial charge in [-0.1, -0.05) is 48.9 Å². The van der Waals surface area contributed by atoms with Crippen LogP contribution in [0.1, 0.15) is 82.3 Å². The lowest BCUT2D eigenvalue weighted by molar-refractivity contribution is -0.362. The van der Waals surface area contributed by atoms with Crippen LogP contribution in [0.15, 0.2) is 53.1 Å². The first-order valence-electron chi connectivity index (χ1n) is 16.2. The van der Waals surface area contributed by atoms with E-state index in [1.54, 1.807) is 25.2 Å². The minimum absolute atomic E-state index is 0.0276. The van der Waals surface area contributed by atoms with Crippen LogP contribution in [0.4, 0.5) is 26.7 Å². The van der Waals surface area contributed by atoms with Crippen molar-refractivity contribution in [2.45, 2.75) is 88.8 Å². The van der Waals surface area contributed by atoms with E-state index in [4.69, 9.17) is 4.74 Å². The van der Waals surface area contributed by atoms with Crippen LogP contribution in [0, 0.1) is 17.3 Å². The summed E-state index contributed by atoms with van der Waals surface area (Å²) in [5, 5.41) is 16.6. The van der Waals surface area contributed by atoms with Crippen LogP contribution in [0.25, 0.3) is 6.08 Å². The Kier molecular flexibility index (Phi) is 9.74. The van der Waals surface area contributed by atoms with Crippen molar-refractivity contribution >= 4 is 23.9 Å². The molecule has 2 amide bonds. The summed E-state index contributed by atoms with van der Waals surface area (Å²) in [6.45, 7) is 3.70. The Morgan fingerprint density at radius 2 is 1.79 bits per heavy atom. The number of carbonyl (C=O) groups excluding carboxylic acids is 3. The van der Waals surface area contributed by atoms with Gasteiger partial charge in [0.25, 0.3) is 0 Å². The molecule has 3 N–H and O–H groups in total. The van der Waals surface area contributed by atoms with E-state index in [9.17, 15) is 32.7 Å². The number of fused-ring (bicyclic) bond motifs is 4. The maximum absolute atomic E-state index is 15.2. The third-order valence-corrected chi connectivity index (χ3v) is 10.7. The molecule has 0 spiro atoms. The number of halogens is 5. The molecule has 2 fully saturated rings. The first-order chi connectivity index (χ1) is 22.1. The van der Waals surface area contributed by atoms with E-state index >= 15 is 8.78 Å². The van der Waals surface area contributed by atoms with E-state index in [0.29, 0.717) is 25.7 Å². The van der Waals surface area contributed by atoms with E-state index in [0.717, 1.165) is 27.8 Å². The van der Waals surface area contributed by atoms with Gasteiger partial charge in [0.15, 0.2) is 5.78 Å². The average Bonchev–Trinajstić information content (AvgIpc) is 3.30. The molecule has 2 saturated carbocycles. The van der Waals surface area contributed by atoms with Gasteiger partial charge in [-0.3, -0.25) is 9.59 Å². The second-order valence-electron chi connectivity index (χ2n) is 13.2. The second-order valence-corrected chi connectivity index (χ2v) is 13.2. The molecular weight excluding hydrogens is 623 g/mol. The summed E-state index contributed by atoms with van der Waals surface area (Å²) in [5.41, 5.74) is -0.487. The number of benzene rings is 1. The van der Waals surface area contributed by atoms with Crippen LogP contribution in [-0.4, -0.2) is 60.3 Å². The predicted molar refractivity (Wildman–Crippen MR) is 164 cm³/mol. The van der Waals surface area contributed by atoms with Crippen molar-refractivity contribution in [2.75, 3.05) is 19.7 Å². The van der Waals surface area contributed by atoms with Crippen molar-refractivity contribution in [3.05, 3.63) is 64.3 Å². The van der Waals surface area contributed by atoms with Crippen LogP contribution in [0.5, 0.6) is 0 Å². The minimum atomic E-state index is -5.90. The van der Waals surface area contributed by atoms with Gasteiger partial charge >= 0.3 is 24.1 Å². The quantitative estimate of drug-likeness (QED) is 0.200. The minimum Gasteiger partial charge on any atom is -0.466 e. The number of hydrogen-bond donors (Lipinski definition) is 3. The van der Waals surface area contributed by atoms with Crippen molar-refractivity contribution in [1.82, 2.24) is 10.6 Å². The summed E-state index contributed by atoms with van der Waals surface area (Å²) in [5.74, 6) is -7.02. The van der Waals surface area contributed by atoms with Gasteiger partial charge in [0.2, 0.25) is 0 Å². The van der Waals surface area contributed by atoms with Crippen molar-refractivity contribution in [1.29, 1.82) is 0 Å². The maximum Gasteiger partial charge on any atom is 0.456 e. The molecule has 0 radical (unpaired) electrons. The van der Waals surface area contributed by atoms with Crippen LogP contribution >= 0.6 is 0 Å². The topological polar surface area (TPSA) is 105 Å².